The molecule has 2 amide bonds. The standard InChI is InChI=1S/C21H22ClF2N5O4/c22-13-1-2-15-14(11-13)20(27-19(26-15)18(23)24)28-6-4-25-17(30)3-5-29(8-7-28)21(31)16-12-32-9-10-33-16/h1-2,11-12,18H,3-10H2,(H,25,30). The van der Waals surface area contributed by atoms with Gasteiger partial charge in [-0.25, -0.2) is 18.7 Å². The molecule has 0 spiro atoms. The van der Waals surface area contributed by atoms with Crippen LogP contribution in [0, 0.1) is 0 Å². The van der Waals surface area contributed by atoms with E-state index >= 15 is 0 Å². The van der Waals surface area contributed by atoms with Crippen LogP contribution in [0.1, 0.15) is 18.7 Å². The summed E-state index contributed by atoms with van der Waals surface area (Å²) in [6.07, 6.45) is -1.48. The number of hydrogen-bond donors (Lipinski definition) is 1. The summed E-state index contributed by atoms with van der Waals surface area (Å²) in [6, 6.07) is 4.74. The summed E-state index contributed by atoms with van der Waals surface area (Å²) in [5, 5.41) is 3.69. The van der Waals surface area contributed by atoms with E-state index in [-0.39, 0.29) is 63.2 Å². The van der Waals surface area contributed by atoms with Crippen molar-refractivity contribution in [1.82, 2.24) is 20.2 Å². The molecule has 4 rings (SSSR count). The summed E-state index contributed by atoms with van der Waals surface area (Å²) in [5.74, 6) is -0.923. The van der Waals surface area contributed by atoms with Crippen LogP contribution in [-0.4, -0.2) is 72.6 Å². The summed E-state index contributed by atoms with van der Waals surface area (Å²) in [7, 11) is 0. The van der Waals surface area contributed by atoms with Crippen LogP contribution in [0.5, 0.6) is 0 Å². The van der Waals surface area contributed by atoms with Gasteiger partial charge in [0, 0.05) is 49.6 Å². The second-order valence-corrected chi connectivity index (χ2v) is 7.88. The van der Waals surface area contributed by atoms with E-state index in [2.05, 4.69) is 15.3 Å². The molecule has 0 aliphatic carbocycles. The predicted octanol–water partition coefficient (Wildman–Crippen LogP) is 2.26. The number of carbonyl (C=O) groups excluding carboxylic acids is 2. The number of aromatic nitrogens is 2. The number of fused-ring (bicyclic) bond motifs is 1. The molecule has 0 atom stereocenters. The molecule has 1 aromatic heterocycles. The molecule has 1 aromatic carbocycles. The van der Waals surface area contributed by atoms with Gasteiger partial charge in [-0.05, 0) is 18.2 Å². The lowest BCUT2D eigenvalue weighted by molar-refractivity contribution is -0.133. The number of anilines is 1. The molecular weight excluding hydrogens is 460 g/mol. The number of nitrogens with zero attached hydrogens (tertiary/aromatic N) is 4. The number of hydrogen-bond acceptors (Lipinski definition) is 7. The molecule has 0 saturated carbocycles. The largest absolute Gasteiger partial charge is 0.494 e. The highest BCUT2D eigenvalue weighted by Crippen LogP contribution is 2.29. The zero-order valence-corrected chi connectivity index (χ0v) is 18.4. The van der Waals surface area contributed by atoms with Crippen molar-refractivity contribution < 1.29 is 27.8 Å². The van der Waals surface area contributed by atoms with Gasteiger partial charge in [0.15, 0.2) is 5.82 Å². The van der Waals surface area contributed by atoms with Crippen LogP contribution >= 0.6 is 11.6 Å². The molecule has 0 radical (unpaired) electrons. The van der Waals surface area contributed by atoms with Gasteiger partial charge in [0.05, 0.1) is 5.52 Å². The van der Waals surface area contributed by atoms with Crippen molar-refractivity contribution in [2.45, 2.75) is 12.8 Å². The Hall–Kier alpha value is -3.21. The normalized spacial score (nSPS) is 17.8. The lowest BCUT2D eigenvalue weighted by Gasteiger charge is -2.31. The van der Waals surface area contributed by atoms with Gasteiger partial charge in [-0.2, -0.15) is 0 Å². The van der Waals surface area contributed by atoms with Crippen molar-refractivity contribution in [1.29, 1.82) is 0 Å². The van der Waals surface area contributed by atoms with Gasteiger partial charge in [0.1, 0.15) is 25.3 Å². The highest BCUT2D eigenvalue weighted by atomic mass is 35.5. The van der Waals surface area contributed by atoms with Crippen LogP contribution in [0.25, 0.3) is 10.9 Å². The number of amides is 2. The summed E-state index contributed by atoms with van der Waals surface area (Å²) in [4.78, 5) is 36.4. The third-order valence-electron chi connectivity index (χ3n) is 5.25. The maximum Gasteiger partial charge on any atom is 0.297 e. The third kappa shape index (κ3) is 5.41. The first-order chi connectivity index (χ1) is 15.9. The minimum absolute atomic E-state index is 0.0597. The van der Waals surface area contributed by atoms with Gasteiger partial charge >= 0.3 is 0 Å². The Morgan fingerprint density at radius 3 is 2.76 bits per heavy atom. The highest BCUT2D eigenvalue weighted by Gasteiger charge is 2.26. The number of benzene rings is 1. The number of ether oxygens (including phenoxy) is 2. The molecule has 1 fully saturated rings. The topological polar surface area (TPSA) is 96.9 Å². The quantitative estimate of drug-likeness (QED) is 0.718. The highest BCUT2D eigenvalue weighted by molar-refractivity contribution is 6.31. The molecule has 2 aliphatic heterocycles. The summed E-state index contributed by atoms with van der Waals surface area (Å²) >= 11 is 6.14. The third-order valence-corrected chi connectivity index (χ3v) is 5.48. The summed E-state index contributed by atoms with van der Waals surface area (Å²) in [5.41, 5.74) is 0.326. The van der Waals surface area contributed by atoms with E-state index in [1.165, 1.54) is 11.2 Å². The second-order valence-electron chi connectivity index (χ2n) is 7.45. The summed E-state index contributed by atoms with van der Waals surface area (Å²) in [6.45, 7) is 1.82. The number of halogens is 3. The Morgan fingerprint density at radius 1 is 1.15 bits per heavy atom. The second kappa shape index (κ2) is 10.2. The lowest BCUT2D eigenvalue weighted by atomic mass is 10.2. The van der Waals surface area contributed by atoms with Crippen molar-refractivity contribution in [2.24, 2.45) is 0 Å². The molecule has 0 unspecified atom stereocenters. The molecule has 0 bridgehead atoms. The Balaban J connectivity index is 1.67. The van der Waals surface area contributed by atoms with Gasteiger partial charge < -0.3 is 24.6 Å². The summed E-state index contributed by atoms with van der Waals surface area (Å²) < 4.78 is 37.6. The van der Waals surface area contributed by atoms with E-state index < -0.39 is 18.2 Å². The molecule has 2 aliphatic rings. The van der Waals surface area contributed by atoms with Crippen molar-refractivity contribution >= 4 is 40.1 Å². The van der Waals surface area contributed by atoms with Crippen molar-refractivity contribution in [2.75, 3.05) is 50.8 Å². The Morgan fingerprint density at radius 2 is 2.00 bits per heavy atom. The fourth-order valence-electron chi connectivity index (χ4n) is 3.61. The molecule has 176 valence electrons. The number of rotatable bonds is 3. The first-order valence-electron chi connectivity index (χ1n) is 10.4. The van der Waals surface area contributed by atoms with E-state index in [0.717, 1.165) is 0 Å². The van der Waals surface area contributed by atoms with Crippen LogP contribution in [-0.2, 0) is 19.1 Å². The fourth-order valence-corrected chi connectivity index (χ4v) is 3.78. The van der Waals surface area contributed by atoms with Gasteiger partial charge in [0.25, 0.3) is 12.3 Å². The van der Waals surface area contributed by atoms with Gasteiger partial charge in [0.2, 0.25) is 11.7 Å². The fraction of sp³-hybridized carbons (Fsp3) is 0.429. The molecule has 12 heteroatoms. The van der Waals surface area contributed by atoms with Gasteiger partial charge in [-0.3, -0.25) is 9.59 Å². The Labute approximate surface area is 193 Å². The molecule has 33 heavy (non-hydrogen) atoms. The predicted molar refractivity (Wildman–Crippen MR) is 116 cm³/mol. The zero-order valence-electron chi connectivity index (χ0n) is 17.6. The van der Waals surface area contributed by atoms with Gasteiger partial charge in [-0.1, -0.05) is 11.6 Å². The maximum absolute atomic E-state index is 13.5. The monoisotopic (exact) mass is 481 g/mol. The SMILES string of the molecule is O=C1CCN(C(=O)C2=COCCO2)CCN(c2nc(C(F)F)nc3ccc(Cl)cc23)CCN1. The van der Waals surface area contributed by atoms with Crippen LogP contribution in [0.4, 0.5) is 14.6 Å². The van der Waals surface area contributed by atoms with Crippen LogP contribution in [0.2, 0.25) is 5.02 Å². The minimum atomic E-state index is -2.86. The van der Waals surface area contributed by atoms with E-state index in [0.29, 0.717) is 22.5 Å². The molecule has 2 aromatic rings. The Kier molecular flexibility index (Phi) is 7.07. The molecule has 1 N–H and O–H groups in total. The minimum Gasteiger partial charge on any atom is -0.494 e. The molecule has 9 nitrogen and oxygen atoms in total. The van der Waals surface area contributed by atoms with Crippen LogP contribution < -0.4 is 10.2 Å². The number of nitrogens with one attached hydrogen (secondary N) is 1. The number of carbonyl (C=O) groups is 2. The first kappa shape index (κ1) is 23.0. The van der Waals surface area contributed by atoms with Crippen molar-refractivity contribution in [3.05, 3.63) is 41.1 Å². The maximum atomic E-state index is 13.5. The van der Waals surface area contributed by atoms with Gasteiger partial charge in [-0.15, -0.1) is 0 Å². The van der Waals surface area contributed by atoms with Crippen molar-refractivity contribution in [3.8, 4) is 0 Å². The smallest absolute Gasteiger partial charge is 0.297 e. The van der Waals surface area contributed by atoms with Crippen LogP contribution in [0.15, 0.2) is 30.2 Å². The first-order valence-corrected chi connectivity index (χ1v) is 10.8. The average Bonchev–Trinajstić information content (AvgIpc) is 2.82. The molecular formula is C21H22ClF2N5O4. The van der Waals surface area contributed by atoms with E-state index in [9.17, 15) is 18.4 Å². The van der Waals surface area contributed by atoms with Crippen LogP contribution in [0.3, 0.4) is 0 Å². The van der Waals surface area contributed by atoms with E-state index in [1.807, 2.05) is 0 Å². The number of alkyl halides is 2. The Bertz CT molecular complexity index is 1080. The lowest BCUT2D eigenvalue weighted by Crippen LogP contribution is -2.46. The van der Waals surface area contributed by atoms with E-state index in [1.54, 1.807) is 23.1 Å². The van der Waals surface area contributed by atoms with E-state index in [4.69, 9.17) is 21.1 Å². The van der Waals surface area contributed by atoms with Crippen molar-refractivity contribution in [3.63, 3.8) is 0 Å². The zero-order chi connectivity index (χ0) is 23.4. The average molecular weight is 482 g/mol. The molecule has 1 saturated heterocycles. The molecule has 3 heterocycles.